The summed E-state index contributed by atoms with van der Waals surface area (Å²) in [4.78, 5) is 11.1. The average molecular weight is 462 g/mol. The molecule has 7 heteroatoms. The summed E-state index contributed by atoms with van der Waals surface area (Å²) in [7, 11) is -5.25. The molecule has 2 N–H and O–H groups in total. The number of carbonyl (C=O) groups is 1. The normalized spacial score (nSPS) is 53.9. The Morgan fingerprint density at radius 2 is 1.87 bits per heavy atom. The van der Waals surface area contributed by atoms with Gasteiger partial charge in [0, 0.05) is 11.9 Å². The van der Waals surface area contributed by atoms with Crippen molar-refractivity contribution in [2.24, 2.45) is 46.3 Å². The zero-order valence-corrected chi connectivity index (χ0v) is 19.6. The lowest BCUT2D eigenvalue weighted by atomic mass is 9.44. The van der Waals surface area contributed by atoms with Crippen LogP contribution in [0.1, 0.15) is 98.2 Å². The number of hydrogen-bond donors (Lipinski definition) is 2. The van der Waals surface area contributed by atoms with E-state index in [0.717, 1.165) is 25.7 Å². The minimum Gasteiger partial charge on any atom is -0.481 e. The maximum absolute atomic E-state index is 11.5. The molecule has 178 valence electrons. The quantitative estimate of drug-likeness (QED) is 0.518. The van der Waals surface area contributed by atoms with Crippen LogP contribution in [0.15, 0.2) is 0 Å². The Bertz CT molecular complexity index is 1010. The number of carboxylic acid groups (broad SMARTS) is 1. The van der Waals surface area contributed by atoms with Crippen LogP contribution in [0.4, 0.5) is 0 Å². The number of rotatable bonds is 6. The summed E-state index contributed by atoms with van der Waals surface area (Å²) in [6, 6.07) is 0. The SMILES string of the molecule is [2H]C1([2H])C[C@]2(C)C3CC[C@]4(C)[C@@H]([C@H](C)CCC(=O)O)CC[C@H]4C3CC[C@@H]2C([2H])([2H])[C@]1([2H])OS(=O)(=O)O. The van der Waals surface area contributed by atoms with Gasteiger partial charge in [0.05, 0.1) is 7.45 Å². The predicted molar refractivity (Wildman–Crippen MR) is 118 cm³/mol. The van der Waals surface area contributed by atoms with Crippen molar-refractivity contribution >= 4 is 16.4 Å². The van der Waals surface area contributed by atoms with Gasteiger partial charge in [0.1, 0.15) is 0 Å². The van der Waals surface area contributed by atoms with Crippen molar-refractivity contribution < 1.29 is 33.9 Å². The molecule has 0 bridgehead atoms. The Hall–Kier alpha value is -0.660. The third kappa shape index (κ3) is 4.31. The highest BCUT2D eigenvalue weighted by atomic mass is 32.3. The van der Waals surface area contributed by atoms with E-state index < -0.39 is 46.5 Å². The number of fused-ring (bicyclic) bond motifs is 5. The van der Waals surface area contributed by atoms with E-state index in [4.69, 9.17) is 12.0 Å². The van der Waals surface area contributed by atoms with Crippen molar-refractivity contribution in [3.05, 3.63) is 0 Å². The number of aliphatic carboxylic acids is 1. The van der Waals surface area contributed by atoms with Crippen molar-refractivity contribution in [2.75, 3.05) is 0 Å². The summed E-state index contributed by atoms with van der Waals surface area (Å²) >= 11 is 0. The molecule has 0 saturated heterocycles. The molecule has 31 heavy (non-hydrogen) atoms. The first-order valence-corrected chi connectivity index (χ1v) is 13.1. The molecule has 4 fully saturated rings. The molecule has 0 aromatic carbocycles. The Kier molecular flexibility index (Phi) is 4.75. The number of carboxylic acids is 1. The smallest absolute Gasteiger partial charge is 0.397 e. The summed E-state index contributed by atoms with van der Waals surface area (Å²) < 4.78 is 80.3. The zero-order chi connectivity index (χ0) is 27.1. The molecule has 4 saturated carbocycles. The first kappa shape index (κ1) is 17.8. The third-order valence-corrected chi connectivity index (χ3v) is 9.94. The van der Waals surface area contributed by atoms with Crippen molar-refractivity contribution in [3.63, 3.8) is 0 Å². The molecule has 0 heterocycles. The van der Waals surface area contributed by atoms with Gasteiger partial charge in [0.2, 0.25) is 0 Å². The molecule has 4 rings (SSSR count). The van der Waals surface area contributed by atoms with E-state index in [2.05, 4.69) is 18.0 Å². The van der Waals surface area contributed by atoms with E-state index in [-0.39, 0.29) is 30.1 Å². The molecular formula is C24H40O6S. The molecule has 0 aromatic rings. The average Bonchev–Trinajstić information content (AvgIpc) is 3.06. The second-order valence-electron chi connectivity index (χ2n) is 11.0. The largest absolute Gasteiger partial charge is 0.481 e. The molecule has 0 aromatic heterocycles. The Labute approximate surface area is 194 Å². The van der Waals surface area contributed by atoms with Gasteiger partial charge >= 0.3 is 16.4 Å². The maximum Gasteiger partial charge on any atom is 0.397 e. The minimum atomic E-state index is -5.25. The Balaban J connectivity index is 1.64. The third-order valence-electron chi connectivity index (χ3n) is 9.57. The van der Waals surface area contributed by atoms with Gasteiger partial charge in [-0.25, -0.2) is 4.18 Å². The second-order valence-corrected chi connectivity index (χ2v) is 12.0. The van der Waals surface area contributed by atoms with Crippen LogP contribution in [0.5, 0.6) is 0 Å². The molecule has 4 aliphatic rings. The van der Waals surface area contributed by atoms with Gasteiger partial charge in [-0.3, -0.25) is 9.35 Å². The lowest BCUT2D eigenvalue weighted by Crippen LogP contribution is -2.54. The lowest BCUT2D eigenvalue weighted by molar-refractivity contribution is -0.138. The summed E-state index contributed by atoms with van der Waals surface area (Å²) in [6.07, 6.45) is -2.93. The fraction of sp³-hybridized carbons (Fsp3) is 0.958. The van der Waals surface area contributed by atoms with E-state index in [1.165, 1.54) is 0 Å². The number of hydrogen-bond acceptors (Lipinski definition) is 4. The standard InChI is InChI=1S/C24H40O6S/c1-15(4-9-22(25)26)19-7-8-20-18-6-5-16-14-17(30-31(27,28)29)10-12-23(16,2)21(18)11-13-24(19,20)3/h15-21H,4-14H2,1-3H3,(H,25,26)(H,27,28,29)/t15-,16-,17-,18?,19-,20+,21?,23+,24-/m1/s1/i10D2,14D2,17D. The molecule has 0 spiro atoms. The Morgan fingerprint density at radius 1 is 1.16 bits per heavy atom. The van der Waals surface area contributed by atoms with Crippen LogP contribution >= 0.6 is 0 Å². The molecular weight excluding hydrogens is 416 g/mol. The van der Waals surface area contributed by atoms with Crippen LogP contribution in [0.3, 0.4) is 0 Å². The summed E-state index contributed by atoms with van der Waals surface area (Å²) in [6.45, 7) is 6.38. The van der Waals surface area contributed by atoms with Crippen LogP contribution in [0, 0.1) is 46.3 Å². The molecule has 0 amide bonds. The van der Waals surface area contributed by atoms with Crippen LogP contribution < -0.4 is 0 Å². The molecule has 0 radical (unpaired) electrons. The fourth-order valence-electron chi connectivity index (χ4n) is 8.11. The molecule has 0 aliphatic heterocycles. The summed E-state index contributed by atoms with van der Waals surface area (Å²) in [5.41, 5.74) is -0.736. The van der Waals surface area contributed by atoms with Crippen molar-refractivity contribution in [1.82, 2.24) is 0 Å². The topological polar surface area (TPSA) is 101 Å². The van der Waals surface area contributed by atoms with Gasteiger partial charge < -0.3 is 5.11 Å². The first-order chi connectivity index (χ1) is 16.3. The van der Waals surface area contributed by atoms with E-state index in [1.54, 1.807) is 0 Å². The zero-order valence-electron chi connectivity index (χ0n) is 23.8. The molecule has 2 unspecified atom stereocenters. The predicted octanol–water partition coefficient (Wildman–Crippen LogP) is 5.33. The fourth-order valence-corrected chi connectivity index (χ4v) is 8.43. The highest BCUT2D eigenvalue weighted by Crippen LogP contribution is 2.68. The lowest BCUT2D eigenvalue weighted by Gasteiger charge is -2.61. The summed E-state index contributed by atoms with van der Waals surface area (Å²) in [5.74, 6) is -0.163. The second kappa shape index (κ2) is 8.28. The van der Waals surface area contributed by atoms with Crippen molar-refractivity contribution in [2.45, 2.75) is 97.4 Å². The van der Waals surface area contributed by atoms with Gasteiger partial charge in [-0.2, -0.15) is 8.42 Å². The molecule has 6 nitrogen and oxygen atoms in total. The minimum absolute atomic E-state index is 0.0304. The van der Waals surface area contributed by atoms with Gasteiger partial charge in [-0.05, 0) is 110 Å². The summed E-state index contributed by atoms with van der Waals surface area (Å²) in [5, 5.41) is 9.15. The van der Waals surface area contributed by atoms with Gasteiger partial charge in [0.15, 0.2) is 0 Å². The van der Waals surface area contributed by atoms with Crippen LogP contribution in [0.25, 0.3) is 0 Å². The monoisotopic (exact) mass is 461 g/mol. The highest BCUT2D eigenvalue weighted by Gasteiger charge is 2.60. The van der Waals surface area contributed by atoms with Gasteiger partial charge in [-0.1, -0.05) is 20.8 Å². The van der Waals surface area contributed by atoms with E-state index in [1.807, 2.05) is 6.92 Å². The van der Waals surface area contributed by atoms with Gasteiger partial charge in [-0.15, -0.1) is 0 Å². The highest BCUT2D eigenvalue weighted by molar-refractivity contribution is 7.80. The molecule has 4 aliphatic carbocycles. The maximum atomic E-state index is 11.5. The van der Waals surface area contributed by atoms with Crippen LogP contribution in [-0.4, -0.2) is 30.1 Å². The van der Waals surface area contributed by atoms with E-state index in [9.17, 15) is 17.8 Å². The van der Waals surface area contributed by atoms with Crippen molar-refractivity contribution in [1.29, 1.82) is 0 Å². The van der Waals surface area contributed by atoms with E-state index >= 15 is 0 Å². The van der Waals surface area contributed by atoms with E-state index in [0.29, 0.717) is 37.0 Å². The van der Waals surface area contributed by atoms with Crippen LogP contribution in [0.2, 0.25) is 0 Å². The Morgan fingerprint density at radius 3 is 2.55 bits per heavy atom. The van der Waals surface area contributed by atoms with Crippen LogP contribution in [-0.2, 0) is 19.4 Å². The van der Waals surface area contributed by atoms with Gasteiger partial charge in [0.25, 0.3) is 0 Å². The first-order valence-electron chi connectivity index (χ1n) is 14.2. The molecule has 9 atom stereocenters. The van der Waals surface area contributed by atoms with Crippen molar-refractivity contribution in [3.8, 4) is 0 Å².